The number of carboxylic acid groups (broad SMARTS) is 1. The molecule has 1 aromatic carbocycles. The molecule has 1 aromatic rings. The number of carboxylic acids is 1. The Bertz CT molecular complexity index is 474. The Morgan fingerprint density at radius 2 is 1.89 bits per heavy atom. The fourth-order valence-electron chi connectivity index (χ4n) is 1.72. The maximum absolute atomic E-state index is 13.1. The summed E-state index contributed by atoms with van der Waals surface area (Å²) in [4.78, 5) is 23.0. The Morgan fingerprint density at radius 3 is 2.37 bits per heavy atom. The molecule has 2 N–H and O–H groups in total. The summed E-state index contributed by atoms with van der Waals surface area (Å²) >= 11 is 0. The first kappa shape index (κ1) is 15.1. The number of benzene rings is 1. The van der Waals surface area contributed by atoms with Crippen LogP contribution in [0, 0.1) is 11.7 Å². The van der Waals surface area contributed by atoms with Gasteiger partial charge >= 0.3 is 5.97 Å². The Balaban J connectivity index is 2.80. The van der Waals surface area contributed by atoms with E-state index in [1.54, 1.807) is 26.8 Å². The topological polar surface area (TPSA) is 66.4 Å². The van der Waals surface area contributed by atoms with Gasteiger partial charge in [0.2, 0.25) is 5.91 Å². The second-order valence-corrected chi connectivity index (χ2v) is 4.85. The van der Waals surface area contributed by atoms with E-state index in [0.717, 1.165) is 0 Å². The number of halogens is 1. The molecule has 2 atom stereocenters. The molecule has 5 heteroatoms. The zero-order chi connectivity index (χ0) is 14.6. The molecule has 0 unspecified atom stereocenters. The molecule has 0 aliphatic carbocycles. The Hall–Kier alpha value is -1.91. The molecule has 1 rings (SSSR count). The molecule has 0 bridgehead atoms. The zero-order valence-corrected chi connectivity index (χ0v) is 11.2. The van der Waals surface area contributed by atoms with E-state index in [9.17, 15) is 14.0 Å². The van der Waals surface area contributed by atoms with E-state index in [1.807, 2.05) is 0 Å². The minimum Gasteiger partial charge on any atom is -0.480 e. The molecule has 0 aliphatic heterocycles. The molecule has 104 valence electrons. The van der Waals surface area contributed by atoms with Gasteiger partial charge < -0.3 is 10.4 Å². The molecule has 0 saturated heterocycles. The molecular formula is C14H18FNO3. The summed E-state index contributed by atoms with van der Waals surface area (Å²) in [6.07, 6.45) is 0. The lowest BCUT2D eigenvalue weighted by Crippen LogP contribution is -2.45. The van der Waals surface area contributed by atoms with Crippen LogP contribution in [0.1, 0.15) is 32.3 Å². The van der Waals surface area contributed by atoms with Crippen LogP contribution in [0.5, 0.6) is 0 Å². The third-order valence-electron chi connectivity index (χ3n) is 2.97. The van der Waals surface area contributed by atoms with Crippen LogP contribution in [0.4, 0.5) is 4.39 Å². The van der Waals surface area contributed by atoms with Crippen LogP contribution >= 0.6 is 0 Å². The number of aliphatic carboxylic acids is 1. The Morgan fingerprint density at radius 1 is 1.26 bits per heavy atom. The summed E-state index contributed by atoms with van der Waals surface area (Å²) < 4.78 is 13.1. The lowest BCUT2D eigenvalue weighted by atomic mass is 9.98. The van der Waals surface area contributed by atoms with Crippen LogP contribution in [-0.2, 0) is 9.59 Å². The number of hydrogen-bond donors (Lipinski definition) is 2. The molecule has 4 nitrogen and oxygen atoms in total. The highest BCUT2D eigenvalue weighted by Crippen LogP contribution is 2.17. The van der Waals surface area contributed by atoms with Gasteiger partial charge in [0.05, 0.1) is 5.92 Å². The van der Waals surface area contributed by atoms with Crippen molar-refractivity contribution in [2.45, 2.75) is 32.7 Å². The maximum Gasteiger partial charge on any atom is 0.326 e. The number of carbonyl (C=O) groups is 2. The van der Waals surface area contributed by atoms with Gasteiger partial charge in [-0.25, -0.2) is 9.18 Å². The third-order valence-corrected chi connectivity index (χ3v) is 2.97. The summed E-state index contributed by atoms with van der Waals surface area (Å²) in [6, 6.07) is 4.78. The number of rotatable bonds is 5. The second-order valence-electron chi connectivity index (χ2n) is 4.85. The molecule has 0 radical (unpaired) electrons. The molecule has 19 heavy (non-hydrogen) atoms. The number of amides is 1. The first-order chi connectivity index (χ1) is 8.82. The highest BCUT2D eigenvalue weighted by molar-refractivity contribution is 5.87. The van der Waals surface area contributed by atoms with Gasteiger partial charge in [-0.2, -0.15) is 0 Å². The van der Waals surface area contributed by atoms with Crippen molar-refractivity contribution < 1.29 is 19.1 Å². The molecule has 1 amide bonds. The quantitative estimate of drug-likeness (QED) is 0.859. The second kappa shape index (κ2) is 6.31. The summed E-state index contributed by atoms with van der Waals surface area (Å²) in [5, 5.41) is 11.5. The SMILES string of the molecule is CC(C)[C@@H](NC(=O)[C@@H](C)c1cccc(F)c1)C(=O)O. The van der Waals surface area contributed by atoms with Crippen molar-refractivity contribution in [2.24, 2.45) is 5.92 Å². The summed E-state index contributed by atoms with van der Waals surface area (Å²) in [5.74, 6) is -2.74. The predicted molar refractivity (Wildman–Crippen MR) is 69.2 cm³/mol. The van der Waals surface area contributed by atoms with Crippen LogP contribution < -0.4 is 5.32 Å². The Labute approximate surface area is 111 Å². The number of nitrogens with one attached hydrogen (secondary N) is 1. The van der Waals surface area contributed by atoms with Gasteiger partial charge in [-0.3, -0.25) is 4.79 Å². The summed E-state index contributed by atoms with van der Waals surface area (Å²) in [6.45, 7) is 5.04. The van der Waals surface area contributed by atoms with Gasteiger partial charge in [-0.1, -0.05) is 26.0 Å². The predicted octanol–water partition coefficient (Wildman–Crippen LogP) is 2.15. The fourth-order valence-corrected chi connectivity index (χ4v) is 1.72. The lowest BCUT2D eigenvalue weighted by Gasteiger charge is -2.20. The standard InChI is InChI=1S/C14H18FNO3/c1-8(2)12(14(18)19)16-13(17)9(3)10-5-4-6-11(15)7-10/h4-9,12H,1-3H3,(H,16,17)(H,18,19)/t9-,12+/m0/s1. The highest BCUT2D eigenvalue weighted by atomic mass is 19.1. The summed E-state index contributed by atoms with van der Waals surface area (Å²) in [5.41, 5.74) is 0.519. The van der Waals surface area contributed by atoms with Gasteiger partial charge in [0.15, 0.2) is 0 Å². The molecule has 0 saturated carbocycles. The zero-order valence-electron chi connectivity index (χ0n) is 11.2. The minimum absolute atomic E-state index is 0.221. The van der Waals surface area contributed by atoms with Gasteiger partial charge in [0.1, 0.15) is 11.9 Å². The van der Waals surface area contributed by atoms with E-state index >= 15 is 0 Å². The smallest absolute Gasteiger partial charge is 0.326 e. The average Bonchev–Trinajstić information content (AvgIpc) is 2.33. The van der Waals surface area contributed by atoms with Gasteiger partial charge in [-0.15, -0.1) is 0 Å². The first-order valence-corrected chi connectivity index (χ1v) is 6.11. The fraction of sp³-hybridized carbons (Fsp3) is 0.429. The number of hydrogen-bond acceptors (Lipinski definition) is 2. The molecule has 0 spiro atoms. The van der Waals surface area contributed by atoms with E-state index in [0.29, 0.717) is 5.56 Å². The average molecular weight is 267 g/mol. The van der Waals surface area contributed by atoms with E-state index in [1.165, 1.54) is 18.2 Å². The minimum atomic E-state index is -1.07. The van der Waals surface area contributed by atoms with Crippen molar-refractivity contribution in [1.82, 2.24) is 5.32 Å². The van der Waals surface area contributed by atoms with Crippen molar-refractivity contribution in [1.29, 1.82) is 0 Å². The number of carbonyl (C=O) groups excluding carboxylic acids is 1. The van der Waals surface area contributed by atoms with E-state index in [2.05, 4.69) is 5.32 Å². The lowest BCUT2D eigenvalue weighted by molar-refractivity contribution is -0.143. The molecular weight excluding hydrogens is 249 g/mol. The van der Waals surface area contributed by atoms with Crippen LogP contribution in [0.2, 0.25) is 0 Å². The van der Waals surface area contributed by atoms with Crippen LogP contribution in [0.15, 0.2) is 24.3 Å². The molecule has 0 heterocycles. The van der Waals surface area contributed by atoms with Crippen LogP contribution in [-0.4, -0.2) is 23.0 Å². The first-order valence-electron chi connectivity index (χ1n) is 6.11. The third kappa shape index (κ3) is 4.05. The van der Waals surface area contributed by atoms with Gasteiger partial charge in [0.25, 0.3) is 0 Å². The monoisotopic (exact) mass is 267 g/mol. The normalized spacial score (nSPS) is 13.9. The summed E-state index contributed by atoms with van der Waals surface area (Å²) in [7, 11) is 0. The van der Waals surface area contributed by atoms with E-state index in [4.69, 9.17) is 5.11 Å². The van der Waals surface area contributed by atoms with Crippen molar-refractivity contribution >= 4 is 11.9 Å². The van der Waals surface area contributed by atoms with Crippen LogP contribution in [0.3, 0.4) is 0 Å². The van der Waals surface area contributed by atoms with Crippen molar-refractivity contribution in [3.05, 3.63) is 35.6 Å². The maximum atomic E-state index is 13.1. The largest absolute Gasteiger partial charge is 0.480 e. The van der Waals surface area contributed by atoms with Crippen molar-refractivity contribution in [2.75, 3.05) is 0 Å². The van der Waals surface area contributed by atoms with E-state index in [-0.39, 0.29) is 5.92 Å². The van der Waals surface area contributed by atoms with Crippen LogP contribution in [0.25, 0.3) is 0 Å². The molecule has 0 aliphatic rings. The van der Waals surface area contributed by atoms with Crippen molar-refractivity contribution in [3.63, 3.8) is 0 Å². The van der Waals surface area contributed by atoms with Crippen molar-refractivity contribution in [3.8, 4) is 0 Å². The highest BCUT2D eigenvalue weighted by Gasteiger charge is 2.26. The molecule has 0 fully saturated rings. The van der Waals surface area contributed by atoms with Gasteiger partial charge in [-0.05, 0) is 30.5 Å². The Kier molecular flexibility index (Phi) is 5.03. The van der Waals surface area contributed by atoms with E-state index < -0.39 is 29.7 Å². The van der Waals surface area contributed by atoms with Gasteiger partial charge in [0, 0.05) is 0 Å². The molecule has 0 aromatic heterocycles.